The van der Waals surface area contributed by atoms with E-state index in [0.717, 1.165) is 21.3 Å². The molecule has 0 aliphatic carbocycles. The molecule has 0 spiro atoms. The Kier molecular flexibility index (Phi) is 6.24. The molecule has 0 saturated heterocycles. The van der Waals surface area contributed by atoms with Crippen molar-refractivity contribution in [2.45, 2.75) is 19.1 Å². The number of aromatic nitrogens is 3. The summed E-state index contributed by atoms with van der Waals surface area (Å²) in [6.45, 7) is 4.68. The van der Waals surface area contributed by atoms with E-state index in [9.17, 15) is 4.79 Å². The number of ether oxygens (including phenoxy) is 1. The highest BCUT2D eigenvalue weighted by Gasteiger charge is 2.15. The van der Waals surface area contributed by atoms with Crippen molar-refractivity contribution in [3.63, 3.8) is 0 Å². The maximum absolute atomic E-state index is 11.9. The van der Waals surface area contributed by atoms with Crippen LogP contribution in [0.15, 0.2) is 40.0 Å². The van der Waals surface area contributed by atoms with Crippen molar-refractivity contribution >= 4 is 29.0 Å². The van der Waals surface area contributed by atoms with Crippen LogP contribution in [0, 0.1) is 13.8 Å². The average molecular weight is 390 g/mol. The number of rotatable bonds is 8. The Balaban J connectivity index is 1.40. The van der Waals surface area contributed by atoms with Crippen LogP contribution in [-0.2, 0) is 4.79 Å². The van der Waals surface area contributed by atoms with Crippen LogP contribution in [0.2, 0.25) is 0 Å². The average Bonchev–Trinajstić information content (AvgIpc) is 3.23. The van der Waals surface area contributed by atoms with Gasteiger partial charge in [0.25, 0.3) is 11.1 Å². The van der Waals surface area contributed by atoms with Gasteiger partial charge in [0, 0.05) is 0 Å². The molecule has 1 amide bonds. The van der Waals surface area contributed by atoms with Crippen molar-refractivity contribution in [3.05, 3.63) is 41.0 Å². The second-order valence-corrected chi connectivity index (χ2v) is 7.45. The molecular weight excluding hydrogens is 372 g/mol. The number of benzene rings is 1. The zero-order valence-corrected chi connectivity index (χ0v) is 16.0. The van der Waals surface area contributed by atoms with Crippen LogP contribution in [0.5, 0.6) is 5.75 Å². The molecule has 0 fully saturated rings. The predicted octanol–water partition coefficient (Wildman–Crippen LogP) is 3.10. The van der Waals surface area contributed by atoms with Crippen LogP contribution >= 0.6 is 23.1 Å². The minimum absolute atomic E-state index is 0.115. The molecule has 9 heteroatoms. The molecular formula is C17H18N4O3S2. The standard InChI is InChI=1S/C17H18N4O3S2/c1-11-15(26-12(2)19-11)16-20-21-17(24-16)25-10-14(22)18-8-9-23-13-6-4-3-5-7-13/h3-7H,8-10H2,1-2H3,(H,18,22). The van der Waals surface area contributed by atoms with Gasteiger partial charge in [-0.2, -0.15) is 0 Å². The molecule has 136 valence electrons. The van der Waals surface area contributed by atoms with E-state index in [1.165, 1.54) is 23.1 Å². The lowest BCUT2D eigenvalue weighted by molar-refractivity contribution is -0.118. The third-order valence-electron chi connectivity index (χ3n) is 3.27. The summed E-state index contributed by atoms with van der Waals surface area (Å²) in [4.78, 5) is 17.1. The van der Waals surface area contributed by atoms with Gasteiger partial charge in [-0.05, 0) is 26.0 Å². The first kappa shape index (κ1) is 18.4. The van der Waals surface area contributed by atoms with Crippen LogP contribution in [0.3, 0.4) is 0 Å². The van der Waals surface area contributed by atoms with E-state index in [0.29, 0.717) is 24.3 Å². The number of thioether (sulfide) groups is 1. The number of para-hydroxylation sites is 1. The molecule has 0 unspecified atom stereocenters. The van der Waals surface area contributed by atoms with Gasteiger partial charge in [-0.1, -0.05) is 30.0 Å². The second kappa shape index (κ2) is 8.81. The maximum atomic E-state index is 11.9. The van der Waals surface area contributed by atoms with Crippen LogP contribution in [0.4, 0.5) is 0 Å². The molecule has 3 rings (SSSR count). The number of amides is 1. The van der Waals surface area contributed by atoms with E-state index in [1.807, 2.05) is 44.2 Å². The van der Waals surface area contributed by atoms with E-state index in [2.05, 4.69) is 20.5 Å². The highest BCUT2D eigenvalue weighted by Crippen LogP contribution is 2.30. The summed E-state index contributed by atoms with van der Waals surface area (Å²) in [6.07, 6.45) is 0. The van der Waals surface area contributed by atoms with Crippen molar-refractivity contribution in [3.8, 4) is 16.5 Å². The fourth-order valence-corrected chi connectivity index (χ4v) is 3.58. The van der Waals surface area contributed by atoms with Gasteiger partial charge in [0.2, 0.25) is 5.91 Å². The molecule has 0 aliphatic rings. The largest absolute Gasteiger partial charge is 0.492 e. The first-order valence-electron chi connectivity index (χ1n) is 7.97. The molecule has 0 aliphatic heterocycles. The zero-order valence-electron chi connectivity index (χ0n) is 14.4. The molecule has 1 N–H and O–H groups in total. The van der Waals surface area contributed by atoms with Gasteiger partial charge < -0.3 is 14.5 Å². The number of hydrogen-bond acceptors (Lipinski definition) is 8. The summed E-state index contributed by atoms with van der Waals surface area (Å²) in [6, 6.07) is 9.47. The molecule has 3 aromatic rings. The summed E-state index contributed by atoms with van der Waals surface area (Å²) < 4.78 is 11.1. The molecule has 7 nitrogen and oxygen atoms in total. The lowest BCUT2D eigenvalue weighted by Crippen LogP contribution is -2.29. The van der Waals surface area contributed by atoms with Crippen LogP contribution in [0.25, 0.3) is 10.8 Å². The Morgan fingerprint density at radius 2 is 2.08 bits per heavy atom. The Morgan fingerprint density at radius 1 is 1.27 bits per heavy atom. The van der Waals surface area contributed by atoms with E-state index < -0.39 is 0 Å². The van der Waals surface area contributed by atoms with Crippen molar-refractivity contribution in [2.24, 2.45) is 0 Å². The van der Waals surface area contributed by atoms with Crippen molar-refractivity contribution in [1.82, 2.24) is 20.5 Å². The third-order valence-corrected chi connectivity index (χ3v) is 5.15. The lowest BCUT2D eigenvalue weighted by Gasteiger charge is -2.06. The van der Waals surface area contributed by atoms with Gasteiger partial charge in [0.15, 0.2) is 0 Å². The predicted molar refractivity (Wildman–Crippen MR) is 101 cm³/mol. The van der Waals surface area contributed by atoms with Crippen molar-refractivity contribution in [1.29, 1.82) is 0 Å². The van der Waals surface area contributed by atoms with Crippen molar-refractivity contribution < 1.29 is 13.9 Å². The number of aryl methyl sites for hydroxylation is 2. The molecule has 1 aromatic carbocycles. The highest BCUT2D eigenvalue weighted by molar-refractivity contribution is 7.99. The van der Waals surface area contributed by atoms with Gasteiger partial charge in [-0.3, -0.25) is 4.79 Å². The maximum Gasteiger partial charge on any atom is 0.277 e. The van der Waals surface area contributed by atoms with Crippen molar-refractivity contribution in [2.75, 3.05) is 18.9 Å². The molecule has 0 atom stereocenters. The Labute approximate surface area is 159 Å². The monoisotopic (exact) mass is 390 g/mol. The number of nitrogens with zero attached hydrogens (tertiary/aromatic N) is 3. The first-order chi connectivity index (χ1) is 12.6. The Hall–Kier alpha value is -2.39. The molecule has 2 aromatic heterocycles. The van der Waals surface area contributed by atoms with Gasteiger partial charge in [0.1, 0.15) is 17.2 Å². The molecule has 0 bridgehead atoms. The summed E-state index contributed by atoms with van der Waals surface area (Å²) in [5.74, 6) is 1.31. The fourth-order valence-electron chi connectivity index (χ4n) is 2.14. The molecule has 2 heterocycles. The fraction of sp³-hybridized carbons (Fsp3) is 0.294. The van der Waals surface area contributed by atoms with E-state index in [-0.39, 0.29) is 11.7 Å². The number of carbonyl (C=O) groups is 1. The first-order valence-corrected chi connectivity index (χ1v) is 9.77. The van der Waals surface area contributed by atoms with Crippen LogP contribution in [0.1, 0.15) is 10.7 Å². The minimum Gasteiger partial charge on any atom is -0.492 e. The highest BCUT2D eigenvalue weighted by atomic mass is 32.2. The van der Waals surface area contributed by atoms with Gasteiger partial charge >= 0.3 is 0 Å². The topological polar surface area (TPSA) is 90.1 Å². The summed E-state index contributed by atoms with van der Waals surface area (Å²) in [5.41, 5.74) is 0.865. The molecule has 0 saturated carbocycles. The number of hydrogen-bond donors (Lipinski definition) is 1. The van der Waals surface area contributed by atoms with E-state index in [4.69, 9.17) is 9.15 Å². The SMILES string of the molecule is Cc1nc(C)c(-c2nnc(SCC(=O)NCCOc3ccccc3)o2)s1. The molecule has 0 radical (unpaired) electrons. The zero-order chi connectivity index (χ0) is 18.4. The normalized spacial score (nSPS) is 10.7. The Bertz CT molecular complexity index is 864. The van der Waals surface area contributed by atoms with Crippen LogP contribution < -0.4 is 10.1 Å². The van der Waals surface area contributed by atoms with Gasteiger partial charge in [0.05, 0.1) is 23.0 Å². The number of nitrogens with one attached hydrogen (secondary N) is 1. The van der Waals surface area contributed by atoms with E-state index >= 15 is 0 Å². The van der Waals surface area contributed by atoms with Gasteiger partial charge in [-0.15, -0.1) is 21.5 Å². The summed E-state index contributed by atoms with van der Waals surface area (Å²) >= 11 is 2.71. The summed E-state index contributed by atoms with van der Waals surface area (Å²) in [7, 11) is 0. The quantitative estimate of drug-likeness (QED) is 0.467. The van der Waals surface area contributed by atoms with Gasteiger partial charge in [-0.25, -0.2) is 4.98 Å². The molecule has 26 heavy (non-hydrogen) atoms. The van der Waals surface area contributed by atoms with E-state index in [1.54, 1.807) is 0 Å². The number of thiazole rings is 1. The number of carbonyl (C=O) groups excluding carboxylic acids is 1. The lowest BCUT2D eigenvalue weighted by atomic mass is 10.3. The summed E-state index contributed by atoms with van der Waals surface area (Å²) in [5, 5.41) is 12.1. The smallest absolute Gasteiger partial charge is 0.277 e. The van der Waals surface area contributed by atoms with Crippen LogP contribution in [-0.4, -0.2) is 40.0 Å². The third kappa shape index (κ3) is 5.06. The second-order valence-electron chi connectivity index (χ2n) is 5.32. The Morgan fingerprint density at radius 3 is 2.81 bits per heavy atom. The minimum atomic E-state index is -0.115.